The molecule has 0 aliphatic carbocycles. The third-order valence-corrected chi connectivity index (χ3v) is 6.72. The van der Waals surface area contributed by atoms with E-state index in [-0.39, 0.29) is 10.1 Å². The zero-order chi connectivity index (χ0) is 19.6. The molecule has 3 aromatic rings. The van der Waals surface area contributed by atoms with Crippen molar-refractivity contribution in [1.82, 2.24) is 0 Å². The predicted octanol–water partition coefficient (Wildman–Crippen LogP) is 3.57. The van der Waals surface area contributed by atoms with Gasteiger partial charge in [0.15, 0.2) is 11.5 Å². The van der Waals surface area contributed by atoms with Gasteiger partial charge in [-0.25, -0.2) is 8.42 Å². The van der Waals surface area contributed by atoms with E-state index < -0.39 is 10.0 Å². The molecule has 1 aliphatic rings. The fourth-order valence-electron chi connectivity index (χ4n) is 2.67. The number of fused-ring (bicyclic) bond motifs is 1. The van der Waals surface area contributed by atoms with Gasteiger partial charge in [0.1, 0.15) is 17.4 Å². The lowest BCUT2D eigenvalue weighted by molar-refractivity contribution is 0.102. The molecule has 144 valence electrons. The number of carbonyl (C=O) groups is 1. The molecule has 1 aliphatic heterocycles. The molecular weight excluding hydrogens is 400 g/mol. The third-order valence-electron chi connectivity index (χ3n) is 3.94. The normalized spacial score (nSPS) is 13.0. The number of nitrogens with one attached hydrogen (secondary N) is 2. The van der Waals surface area contributed by atoms with E-state index in [9.17, 15) is 13.2 Å². The summed E-state index contributed by atoms with van der Waals surface area (Å²) in [6.45, 7) is 0.948. The molecule has 1 amide bonds. The second kappa shape index (κ2) is 7.53. The number of sulfonamides is 1. The van der Waals surface area contributed by atoms with Gasteiger partial charge in [-0.05, 0) is 41.8 Å². The Hall–Kier alpha value is -3.04. The Bertz CT molecular complexity index is 1110. The van der Waals surface area contributed by atoms with Crippen molar-refractivity contribution in [2.45, 2.75) is 4.21 Å². The summed E-state index contributed by atoms with van der Waals surface area (Å²) in [6, 6.07) is 14.6. The smallest absolute Gasteiger partial charge is 0.271 e. The number of hydrogen-bond donors (Lipinski definition) is 2. The summed E-state index contributed by atoms with van der Waals surface area (Å²) >= 11 is 1.12. The van der Waals surface area contributed by atoms with Crippen LogP contribution < -0.4 is 19.5 Å². The highest BCUT2D eigenvalue weighted by Gasteiger charge is 2.17. The minimum absolute atomic E-state index is 0.207. The highest BCUT2D eigenvalue weighted by Crippen LogP contribution is 2.32. The molecule has 0 radical (unpaired) electrons. The summed E-state index contributed by atoms with van der Waals surface area (Å²) in [6.07, 6.45) is 0. The van der Waals surface area contributed by atoms with Crippen LogP contribution in [-0.4, -0.2) is 27.5 Å². The van der Waals surface area contributed by atoms with Crippen LogP contribution in [0.3, 0.4) is 0 Å². The second-order valence-electron chi connectivity index (χ2n) is 5.93. The number of rotatable bonds is 5. The van der Waals surface area contributed by atoms with E-state index in [0.29, 0.717) is 41.7 Å². The summed E-state index contributed by atoms with van der Waals surface area (Å²) < 4.78 is 38.4. The van der Waals surface area contributed by atoms with Crippen LogP contribution in [0, 0.1) is 0 Å². The molecule has 0 fully saturated rings. The Morgan fingerprint density at radius 3 is 2.54 bits per heavy atom. The molecule has 9 heteroatoms. The van der Waals surface area contributed by atoms with E-state index in [2.05, 4.69) is 10.0 Å². The van der Waals surface area contributed by atoms with Gasteiger partial charge >= 0.3 is 0 Å². The first-order valence-corrected chi connectivity index (χ1v) is 10.7. The second-order valence-corrected chi connectivity index (χ2v) is 8.79. The van der Waals surface area contributed by atoms with Crippen molar-refractivity contribution >= 4 is 38.6 Å². The predicted molar refractivity (Wildman–Crippen MR) is 107 cm³/mol. The minimum Gasteiger partial charge on any atom is -0.486 e. The number of carbonyl (C=O) groups excluding carboxylic acids is 1. The maximum Gasteiger partial charge on any atom is 0.271 e. The van der Waals surface area contributed by atoms with Crippen molar-refractivity contribution in [3.8, 4) is 11.5 Å². The summed E-state index contributed by atoms with van der Waals surface area (Å²) in [7, 11) is -3.68. The van der Waals surface area contributed by atoms with Crippen molar-refractivity contribution in [2.24, 2.45) is 0 Å². The van der Waals surface area contributed by atoms with Gasteiger partial charge < -0.3 is 14.8 Å². The number of benzene rings is 2. The molecule has 4 rings (SSSR count). The Morgan fingerprint density at radius 1 is 0.929 bits per heavy atom. The number of thiophene rings is 1. The SMILES string of the molecule is O=C(Nc1ccc2c(c1)OCCO2)c1cccc(NS(=O)(=O)c2cccs2)c1. The molecule has 2 heterocycles. The van der Waals surface area contributed by atoms with Crippen LogP contribution in [0.1, 0.15) is 10.4 Å². The molecule has 0 bridgehead atoms. The maximum absolute atomic E-state index is 12.6. The number of anilines is 2. The Labute approximate surface area is 166 Å². The van der Waals surface area contributed by atoms with Crippen LogP contribution in [0.15, 0.2) is 64.2 Å². The molecule has 0 saturated carbocycles. The number of hydrogen-bond acceptors (Lipinski definition) is 6. The summed E-state index contributed by atoms with van der Waals surface area (Å²) in [4.78, 5) is 12.6. The van der Waals surface area contributed by atoms with Gasteiger partial charge in [0, 0.05) is 23.0 Å². The first-order valence-electron chi connectivity index (χ1n) is 8.39. The topological polar surface area (TPSA) is 93.7 Å². The minimum atomic E-state index is -3.68. The van der Waals surface area contributed by atoms with E-state index in [0.717, 1.165) is 11.3 Å². The fraction of sp³-hybridized carbons (Fsp3) is 0.105. The Kier molecular flexibility index (Phi) is 4.93. The number of ether oxygens (including phenoxy) is 2. The molecule has 28 heavy (non-hydrogen) atoms. The van der Waals surface area contributed by atoms with Gasteiger partial charge in [-0.2, -0.15) is 0 Å². The van der Waals surface area contributed by atoms with Gasteiger partial charge in [0.2, 0.25) is 0 Å². The van der Waals surface area contributed by atoms with E-state index in [4.69, 9.17) is 9.47 Å². The van der Waals surface area contributed by atoms with E-state index in [1.165, 1.54) is 12.1 Å². The quantitative estimate of drug-likeness (QED) is 0.663. The van der Waals surface area contributed by atoms with Gasteiger partial charge in [-0.3, -0.25) is 9.52 Å². The lowest BCUT2D eigenvalue weighted by atomic mass is 10.2. The maximum atomic E-state index is 12.6. The van der Waals surface area contributed by atoms with Gasteiger partial charge in [-0.15, -0.1) is 11.3 Å². The average molecular weight is 416 g/mol. The van der Waals surface area contributed by atoms with Gasteiger partial charge in [0.25, 0.3) is 15.9 Å². The van der Waals surface area contributed by atoms with Crippen LogP contribution in [0.5, 0.6) is 11.5 Å². The standard InChI is InChI=1S/C19H16N2O5S2/c22-19(20-14-6-7-16-17(12-14)26-9-8-25-16)13-3-1-4-15(11-13)21-28(23,24)18-5-2-10-27-18/h1-7,10-12,21H,8-9H2,(H,20,22). The lowest BCUT2D eigenvalue weighted by Crippen LogP contribution is -2.17. The fourth-order valence-corrected chi connectivity index (χ4v) is 4.71. The first kappa shape index (κ1) is 18.3. The van der Waals surface area contributed by atoms with Crippen molar-refractivity contribution in [3.05, 3.63) is 65.5 Å². The first-order chi connectivity index (χ1) is 13.5. The monoisotopic (exact) mass is 416 g/mol. The summed E-state index contributed by atoms with van der Waals surface area (Å²) in [5.41, 5.74) is 1.18. The van der Waals surface area contributed by atoms with Crippen LogP contribution in [0.4, 0.5) is 11.4 Å². The molecule has 0 atom stereocenters. The van der Waals surface area contributed by atoms with Crippen molar-refractivity contribution in [3.63, 3.8) is 0 Å². The van der Waals surface area contributed by atoms with Crippen LogP contribution in [0.25, 0.3) is 0 Å². The van der Waals surface area contributed by atoms with E-state index in [1.54, 1.807) is 47.8 Å². The molecule has 2 aromatic carbocycles. The molecule has 0 saturated heterocycles. The van der Waals surface area contributed by atoms with Crippen LogP contribution >= 0.6 is 11.3 Å². The van der Waals surface area contributed by atoms with Crippen molar-refractivity contribution in [1.29, 1.82) is 0 Å². The van der Waals surface area contributed by atoms with Gasteiger partial charge in [0.05, 0.1) is 0 Å². The van der Waals surface area contributed by atoms with Gasteiger partial charge in [-0.1, -0.05) is 12.1 Å². The molecule has 7 nitrogen and oxygen atoms in total. The molecule has 0 spiro atoms. The molecule has 2 N–H and O–H groups in total. The van der Waals surface area contributed by atoms with E-state index in [1.807, 2.05) is 0 Å². The highest BCUT2D eigenvalue weighted by molar-refractivity contribution is 7.94. The Balaban J connectivity index is 1.50. The molecule has 0 unspecified atom stereocenters. The van der Waals surface area contributed by atoms with Crippen molar-refractivity contribution < 1.29 is 22.7 Å². The van der Waals surface area contributed by atoms with E-state index >= 15 is 0 Å². The summed E-state index contributed by atoms with van der Waals surface area (Å²) in [5, 5.41) is 4.46. The third kappa shape index (κ3) is 3.95. The Morgan fingerprint density at radius 2 is 1.75 bits per heavy atom. The number of amides is 1. The zero-order valence-corrected chi connectivity index (χ0v) is 16.2. The molecular formula is C19H16N2O5S2. The summed E-state index contributed by atoms with van der Waals surface area (Å²) in [5.74, 6) is 0.838. The highest BCUT2D eigenvalue weighted by atomic mass is 32.2. The van der Waals surface area contributed by atoms with Crippen LogP contribution in [-0.2, 0) is 10.0 Å². The average Bonchev–Trinajstić information content (AvgIpc) is 3.24. The lowest BCUT2D eigenvalue weighted by Gasteiger charge is -2.19. The van der Waals surface area contributed by atoms with Crippen LogP contribution in [0.2, 0.25) is 0 Å². The molecule has 1 aromatic heterocycles. The van der Waals surface area contributed by atoms with Crippen molar-refractivity contribution in [2.75, 3.05) is 23.3 Å². The largest absolute Gasteiger partial charge is 0.486 e. The zero-order valence-electron chi connectivity index (χ0n) is 14.5.